The lowest BCUT2D eigenvalue weighted by molar-refractivity contribution is -0.303. The number of aliphatic carboxylic acids is 1. The fourth-order valence-electron chi connectivity index (χ4n) is 0.203. The molecule has 1 atom stereocenters. The Labute approximate surface area is 77.0 Å². The predicted molar refractivity (Wildman–Crippen MR) is 46.5 cm³/mol. The summed E-state index contributed by atoms with van der Waals surface area (Å²) in [5.41, 5.74) is 0. The van der Waals surface area contributed by atoms with Crippen LogP contribution >= 0.6 is 12.2 Å². The number of carbonyl (C=O) groups excluding carboxylic acids is 1. The second-order valence-corrected chi connectivity index (χ2v) is 2.79. The van der Waals surface area contributed by atoms with Gasteiger partial charge in [-0.1, -0.05) is 12.2 Å². The first-order valence-electron chi connectivity index (χ1n) is 2.11. The van der Waals surface area contributed by atoms with Gasteiger partial charge in [-0.25, -0.2) is 0 Å². The first kappa shape index (κ1) is 17.5. The zero-order chi connectivity index (χ0) is 8.15. The van der Waals surface area contributed by atoms with E-state index in [0.717, 1.165) is 0 Å². The number of hydrogen-bond donors (Lipinski definition) is 3. The van der Waals surface area contributed by atoms with Gasteiger partial charge in [0, 0.05) is 11.1 Å². The summed E-state index contributed by atoms with van der Waals surface area (Å²) in [6.45, 7) is -0.590. The highest BCUT2D eigenvalue weighted by Gasteiger charge is 1.92. The SMILES string of the molecule is O=C([O-])CNC(=S)S(=O)[O-].[NH4+].[NH4+]. The molecule has 0 bridgehead atoms. The fraction of sp³-hybridized carbons (Fsp3) is 0.333. The average molecular weight is 217 g/mol. The highest BCUT2D eigenvalue weighted by Crippen LogP contribution is 1.75. The van der Waals surface area contributed by atoms with Crippen LogP contribution in [0.2, 0.25) is 0 Å². The van der Waals surface area contributed by atoms with Crippen molar-refractivity contribution in [2.75, 3.05) is 6.54 Å². The predicted octanol–water partition coefficient (Wildman–Crippen LogP) is -1.76. The summed E-state index contributed by atoms with van der Waals surface area (Å²) >= 11 is 1.63. The minimum atomic E-state index is -2.55. The molecule has 0 saturated carbocycles. The fourth-order valence-corrected chi connectivity index (χ4v) is 0.465. The minimum absolute atomic E-state index is 0. The summed E-state index contributed by atoms with van der Waals surface area (Å²) < 4.78 is 19.3. The standard InChI is InChI=1S/C3H5NO4S2.2H3N/c5-2(6)1-4-3(9)10(7)8;;/h1H2,(H,4,9)(H,5,6)(H,7,8);2*1H3. The lowest BCUT2D eigenvalue weighted by Crippen LogP contribution is -2.38. The van der Waals surface area contributed by atoms with Crippen molar-refractivity contribution in [2.45, 2.75) is 0 Å². The molecule has 74 valence electrons. The molecule has 12 heavy (non-hydrogen) atoms. The van der Waals surface area contributed by atoms with Gasteiger partial charge in [0.1, 0.15) is 0 Å². The van der Waals surface area contributed by atoms with Crippen molar-refractivity contribution in [3.63, 3.8) is 0 Å². The van der Waals surface area contributed by atoms with Gasteiger partial charge in [0.15, 0.2) is 4.32 Å². The molecule has 0 aromatic heterocycles. The average Bonchev–Trinajstić information content (AvgIpc) is 1.82. The second-order valence-electron chi connectivity index (χ2n) is 1.25. The van der Waals surface area contributed by atoms with E-state index in [2.05, 4.69) is 12.2 Å². The van der Waals surface area contributed by atoms with Crippen LogP contribution in [0.25, 0.3) is 0 Å². The molecule has 0 aromatic rings. The smallest absolute Gasteiger partial charge is 0.151 e. The first-order valence-corrected chi connectivity index (χ1v) is 3.59. The Hall–Kier alpha value is -0.610. The van der Waals surface area contributed by atoms with E-state index in [1.165, 1.54) is 0 Å². The Bertz CT molecular complexity index is 184. The van der Waals surface area contributed by atoms with E-state index in [0.29, 0.717) is 0 Å². The van der Waals surface area contributed by atoms with Gasteiger partial charge in [0.25, 0.3) is 0 Å². The van der Waals surface area contributed by atoms with E-state index in [-0.39, 0.29) is 12.3 Å². The van der Waals surface area contributed by atoms with Gasteiger partial charge in [-0.2, -0.15) is 0 Å². The summed E-state index contributed by atoms with van der Waals surface area (Å²) in [7, 11) is 0. The van der Waals surface area contributed by atoms with E-state index in [1.54, 1.807) is 0 Å². The normalized spacial score (nSPS) is 10.1. The van der Waals surface area contributed by atoms with Crippen LogP contribution in [0.4, 0.5) is 0 Å². The Kier molecular flexibility index (Phi) is 12.4. The molecule has 0 spiro atoms. The van der Waals surface area contributed by atoms with E-state index >= 15 is 0 Å². The highest BCUT2D eigenvalue weighted by molar-refractivity contribution is 8.09. The topological polar surface area (TPSA) is 165 Å². The van der Waals surface area contributed by atoms with Gasteiger partial charge < -0.3 is 32.1 Å². The molecule has 0 aliphatic rings. The number of thiocarbonyl (C=S) groups is 1. The third kappa shape index (κ3) is 9.39. The second kappa shape index (κ2) is 8.49. The maximum absolute atomic E-state index is 9.89. The molecule has 7 nitrogen and oxygen atoms in total. The van der Waals surface area contributed by atoms with Crippen molar-refractivity contribution in [1.82, 2.24) is 17.6 Å². The number of nitrogens with one attached hydrogen (secondary N) is 1. The van der Waals surface area contributed by atoms with Crippen molar-refractivity contribution >= 4 is 33.6 Å². The molecule has 0 fully saturated rings. The van der Waals surface area contributed by atoms with Crippen LogP contribution in [0.15, 0.2) is 0 Å². The number of rotatable bonds is 2. The van der Waals surface area contributed by atoms with Crippen LogP contribution in [-0.4, -0.2) is 25.6 Å². The van der Waals surface area contributed by atoms with Crippen molar-refractivity contribution < 1.29 is 18.7 Å². The molecule has 0 aromatic carbocycles. The van der Waals surface area contributed by atoms with Gasteiger partial charge in [-0.05, 0) is 0 Å². The number of carboxylic acids is 1. The molecule has 0 saturated heterocycles. The van der Waals surface area contributed by atoms with Crippen molar-refractivity contribution in [3.8, 4) is 0 Å². The first-order chi connectivity index (χ1) is 4.54. The maximum Gasteiger partial charge on any atom is 0.151 e. The Balaban J connectivity index is -0.000000405. The molecule has 1 unspecified atom stereocenters. The van der Waals surface area contributed by atoms with E-state index in [4.69, 9.17) is 0 Å². The van der Waals surface area contributed by atoms with Crippen LogP contribution in [-0.2, 0) is 15.9 Å². The van der Waals surface area contributed by atoms with Gasteiger partial charge in [0.2, 0.25) is 0 Å². The zero-order valence-electron chi connectivity index (χ0n) is 6.66. The van der Waals surface area contributed by atoms with Crippen molar-refractivity contribution in [1.29, 1.82) is 0 Å². The van der Waals surface area contributed by atoms with Crippen LogP contribution < -0.4 is 22.7 Å². The number of hydrogen-bond acceptors (Lipinski definition) is 5. The summed E-state index contributed by atoms with van der Waals surface area (Å²) in [6, 6.07) is 0. The molecule has 0 heterocycles. The van der Waals surface area contributed by atoms with Crippen LogP contribution in [0, 0.1) is 0 Å². The Morgan fingerprint density at radius 2 is 1.92 bits per heavy atom. The lowest BCUT2D eigenvalue weighted by atomic mass is 10.7. The molecule has 0 aliphatic carbocycles. The van der Waals surface area contributed by atoms with Crippen LogP contribution in [0.5, 0.6) is 0 Å². The maximum atomic E-state index is 9.89. The molecule has 0 rings (SSSR count). The number of carbonyl (C=O) groups is 1. The number of carboxylic acid groups (broad SMARTS) is 1. The summed E-state index contributed by atoms with van der Waals surface area (Å²) in [4.78, 5) is 9.69. The van der Waals surface area contributed by atoms with Crippen molar-refractivity contribution in [3.05, 3.63) is 0 Å². The molecular weight excluding hydrogens is 206 g/mol. The van der Waals surface area contributed by atoms with Gasteiger partial charge >= 0.3 is 0 Å². The third-order valence-corrected chi connectivity index (χ3v) is 1.53. The zero-order valence-corrected chi connectivity index (χ0v) is 8.29. The summed E-state index contributed by atoms with van der Waals surface area (Å²) in [6.07, 6.45) is 0. The third-order valence-electron chi connectivity index (χ3n) is 0.528. The van der Waals surface area contributed by atoms with Crippen molar-refractivity contribution in [2.24, 2.45) is 0 Å². The monoisotopic (exact) mass is 217 g/mol. The van der Waals surface area contributed by atoms with E-state index < -0.39 is 27.9 Å². The summed E-state index contributed by atoms with van der Waals surface area (Å²) in [5, 5.41) is 11.6. The van der Waals surface area contributed by atoms with Crippen LogP contribution in [0.1, 0.15) is 0 Å². The summed E-state index contributed by atoms with van der Waals surface area (Å²) in [5.74, 6) is -1.41. The van der Waals surface area contributed by atoms with Crippen LogP contribution in [0.3, 0.4) is 0 Å². The van der Waals surface area contributed by atoms with Gasteiger partial charge in [-0.15, -0.1) is 0 Å². The lowest BCUT2D eigenvalue weighted by Gasteiger charge is -2.09. The minimum Gasteiger partial charge on any atom is -0.767 e. The molecule has 0 aliphatic heterocycles. The molecule has 0 amide bonds. The number of quaternary nitrogens is 2. The molecule has 9 heteroatoms. The highest BCUT2D eigenvalue weighted by atomic mass is 32.2. The van der Waals surface area contributed by atoms with Gasteiger partial charge in [0.05, 0.1) is 12.5 Å². The molecular formula is C3H11N3O4S2. The quantitative estimate of drug-likeness (QED) is 0.366. The van der Waals surface area contributed by atoms with Gasteiger partial charge in [-0.3, -0.25) is 4.21 Å². The largest absolute Gasteiger partial charge is 0.767 e. The Morgan fingerprint density at radius 3 is 2.17 bits per heavy atom. The van der Waals surface area contributed by atoms with E-state index in [9.17, 15) is 18.7 Å². The van der Waals surface area contributed by atoms with E-state index in [1.807, 2.05) is 5.32 Å². The Morgan fingerprint density at radius 1 is 1.50 bits per heavy atom. The molecule has 9 N–H and O–H groups in total. The molecule has 0 radical (unpaired) electrons.